The Kier molecular flexibility index (Phi) is 3.24. The third-order valence-corrected chi connectivity index (χ3v) is 2.48. The van der Waals surface area contributed by atoms with Gasteiger partial charge < -0.3 is 5.73 Å². The van der Waals surface area contributed by atoms with Crippen molar-refractivity contribution in [2.75, 3.05) is 6.54 Å². The molecule has 0 aliphatic carbocycles. The van der Waals surface area contributed by atoms with Gasteiger partial charge in [-0.2, -0.15) is 18.4 Å². The molecule has 0 radical (unpaired) electrons. The summed E-state index contributed by atoms with van der Waals surface area (Å²) in [5.41, 5.74) is 3.84. The zero-order valence-corrected chi connectivity index (χ0v) is 8.67. The molecule has 1 aromatic rings. The molecule has 0 aromatic heterocycles. The Morgan fingerprint density at radius 3 is 2.31 bits per heavy atom. The quantitative estimate of drug-likeness (QED) is 0.845. The topological polar surface area (TPSA) is 49.8 Å². The molecule has 16 heavy (non-hydrogen) atoms. The van der Waals surface area contributed by atoms with E-state index in [0.29, 0.717) is 0 Å². The molecule has 2 nitrogen and oxygen atoms in total. The van der Waals surface area contributed by atoms with Gasteiger partial charge in [0.25, 0.3) is 0 Å². The zero-order chi connectivity index (χ0) is 12.4. The molecule has 0 bridgehead atoms. The molecule has 1 aromatic carbocycles. The van der Waals surface area contributed by atoms with E-state index < -0.39 is 17.2 Å². The van der Waals surface area contributed by atoms with Gasteiger partial charge in [-0.25, -0.2) is 0 Å². The SMILES string of the molecule is CC(C#N)(CN)c1cccc(C(F)(F)F)c1. The maximum atomic E-state index is 12.4. The molecule has 0 aliphatic rings. The number of rotatable bonds is 2. The second-order valence-corrected chi connectivity index (χ2v) is 3.73. The smallest absolute Gasteiger partial charge is 0.329 e. The predicted molar refractivity (Wildman–Crippen MR) is 53.5 cm³/mol. The van der Waals surface area contributed by atoms with Gasteiger partial charge in [0.05, 0.1) is 17.0 Å². The van der Waals surface area contributed by atoms with Gasteiger partial charge in [-0.15, -0.1) is 0 Å². The molecular weight excluding hydrogens is 217 g/mol. The molecule has 86 valence electrons. The Morgan fingerprint density at radius 2 is 1.88 bits per heavy atom. The highest BCUT2D eigenvalue weighted by molar-refractivity contribution is 5.36. The van der Waals surface area contributed by atoms with Crippen LogP contribution in [0.25, 0.3) is 0 Å². The van der Waals surface area contributed by atoms with Crippen LogP contribution in [0, 0.1) is 11.3 Å². The van der Waals surface area contributed by atoms with Crippen LogP contribution in [0.1, 0.15) is 18.1 Å². The minimum atomic E-state index is -4.40. The lowest BCUT2D eigenvalue weighted by Crippen LogP contribution is -2.30. The van der Waals surface area contributed by atoms with E-state index in [1.165, 1.54) is 19.1 Å². The number of nitrogens with zero attached hydrogens (tertiary/aromatic N) is 1. The van der Waals surface area contributed by atoms with E-state index >= 15 is 0 Å². The summed E-state index contributed by atoms with van der Waals surface area (Å²) in [6, 6.07) is 6.63. The number of hydrogen-bond acceptors (Lipinski definition) is 2. The van der Waals surface area contributed by atoms with Crippen molar-refractivity contribution >= 4 is 0 Å². The van der Waals surface area contributed by atoms with Crippen LogP contribution < -0.4 is 5.73 Å². The van der Waals surface area contributed by atoms with Gasteiger partial charge in [0.15, 0.2) is 0 Å². The van der Waals surface area contributed by atoms with Crippen molar-refractivity contribution in [2.24, 2.45) is 5.73 Å². The van der Waals surface area contributed by atoms with Gasteiger partial charge in [-0.1, -0.05) is 18.2 Å². The fourth-order valence-corrected chi connectivity index (χ4v) is 1.27. The largest absolute Gasteiger partial charge is 0.416 e. The average molecular weight is 228 g/mol. The third kappa shape index (κ3) is 2.34. The summed E-state index contributed by atoms with van der Waals surface area (Å²) in [6.07, 6.45) is -4.40. The molecule has 0 amide bonds. The minimum Gasteiger partial charge on any atom is -0.329 e. The van der Waals surface area contributed by atoms with Gasteiger partial charge in [0.2, 0.25) is 0 Å². The number of benzene rings is 1. The van der Waals surface area contributed by atoms with Crippen LogP contribution in [0.5, 0.6) is 0 Å². The lowest BCUT2D eigenvalue weighted by molar-refractivity contribution is -0.137. The fourth-order valence-electron chi connectivity index (χ4n) is 1.27. The normalized spacial score (nSPS) is 15.2. The van der Waals surface area contributed by atoms with Crippen LogP contribution in [0.15, 0.2) is 24.3 Å². The molecule has 0 heterocycles. The molecular formula is C11H11F3N2. The second-order valence-electron chi connectivity index (χ2n) is 3.73. The lowest BCUT2D eigenvalue weighted by atomic mass is 9.83. The molecule has 0 fully saturated rings. The molecule has 1 atom stereocenters. The third-order valence-electron chi connectivity index (χ3n) is 2.48. The maximum Gasteiger partial charge on any atom is 0.416 e. The van der Waals surface area contributed by atoms with Gasteiger partial charge in [-0.05, 0) is 18.6 Å². The van der Waals surface area contributed by atoms with Crippen molar-refractivity contribution < 1.29 is 13.2 Å². The van der Waals surface area contributed by atoms with Crippen molar-refractivity contribution in [3.05, 3.63) is 35.4 Å². The van der Waals surface area contributed by atoms with Crippen LogP contribution in [0.4, 0.5) is 13.2 Å². The standard InChI is InChI=1S/C11H11F3N2/c1-10(6-15,7-16)8-3-2-4-9(5-8)11(12,13)14/h2-5H,6,15H2,1H3. The molecule has 0 saturated heterocycles. The average Bonchev–Trinajstić information content (AvgIpc) is 2.27. The summed E-state index contributed by atoms with van der Waals surface area (Å²) in [7, 11) is 0. The van der Waals surface area contributed by atoms with Gasteiger partial charge >= 0.3 is 6.18 Å². The van der Waals surface area contributed by atoms with Gasteiger partial charge in [0.1, 0.15) is 0 Å². The van der Waals surface area contributed by atoms with Crippen LogP contribution >= 0.6 is 0 Å². The zero-order valence-electron chi connectivity index (χ0n) is 8.67. The van der Waals surface area contributed by atoms with Gasteiger partial charge in [0, 0.05) is 6.54 Å². The first-order chi connectivity index (χ1) is 7.33. The molecule has 2 N–H and O–H groups in total. The summed E-state index contributed by atoms with van der Waals surface area (Å²) in [4.78, 5) is 0. The van der Waals surface area contributed by atoms with Crippen molar-refractivity contribution in [3.63, 3.8) is 0 Å². The second kappa shape index (κ2) is 4.14. The fraction of sp³-hybridized carbons (Fsp3) is 0.364. The van der Waals surface area contributed by atoms with Crippen LogP contribution in [-0.2, 0) is 11.6 Å². The van der Waals surface area contributed by atoms with E-state index in [0.717, 1.165) is 12.1 Å². The van der Waals surface area contributed by atoms with Crippen molar-refractivity contribution in [3.8, 4) is 6.07 Å². The Balaban J connectivity index is 3.24. The summed E-state index contributed by atoms with van der Waals surface area (Å²) in [5.74, 6) is 0. The van der Waals surface area contributed by atoms with E-state index in [1.54, 1.807) is 0 Å². The Morgan fingerprint density at radius 1 is 1.31 bits per heavy atom. The summed E-state index contributed by atoms with van der Waals surface area (Å²) >= 11 is 0. The van der Waals surface area contributed by atoms with E-state index in [9.17, 15) is 13.2 Å². The van der Waals surface area contributed by atoms with E-state index in [2.05, 4.69) is 0 Å². The van der Waals surface area contributed by atoms with Crippen molar-refractivity contribution in [1.82, 2.24) is 0 Å². The highest BCUT2D eigenvalue weighted by Gasteiger charge is 2.33. The number of halogens is 3. The molecule has 0 saturated carbocycles. The van der Waals surface area contributed by atoms with E-state index in [4.69, 9.17) is 11.0 Å². The summed E-state index contributed by atoms with van der Waals surface area (Å²) in [5, 5.41) is 8.92. The molecule has 1 unspecified atom stereocenters. The first-order valence-electron chi connectivity index (χ1n) is 4.62. The van der Waals surface area contributed by atoms with E-state index in [1.807, 2.05) is 6.07 Å². The number of alkyl halides is 3. The van der Waals surface area contributed by atoms with Gasteiger partial charge in [-0.3, -0.25) is 0 Å². The molecule has 0 aliphatic heterocycles. The molecule has 1 rings (SSSR count). The number of nitriles is 1. The summed E-state index contributed by atoms with van der Waals surface area (Å²) < 4.78 is 37.3. The van der Waals surface area contributed by atoms with Crippen LogP contribution in [0.2, 0.25) is 0 Å². The van der Waals surface area contributed by atoms with Crippen LogP contribution in [-0.4, -0.2) is 6.54 Å². The summed E-state index contributed by atoms with van der Waals surface area (Å²) in [6.45, 7) is 1.49. The highest BCUT2D eigenvalue weighted by Crippen LogP contribution is 2.32. The van der Waals surface area contributed by atoms with Crippen LogP contribution in [0.3, 0.4) is 0 Å². The number of hydrogen-bond donors (Lipinski definition) is 1. The first-order valence-corrected chi connectivity index (χ1v) is 4.62. The Hall–Kier alpha value is -1.54. The Labute approximate surface area is 91.5 Å². The highest BCUT2D eigenvalue weighted by atomic mass is 19.4. The first kappa shape index (κ1) is 12.5. The number of nitrogens with two attached hydrogens (primary N) is 1. The monoisotopic (exact) mass is 228 g/mol. The predicted octanol–water partition coefficient (Wildman–Crippen LogP) is 2.45. The molecule has 5 heteroatoms. The van der Waals surface area contributed by atoms with Crippen molar-refractivity contribution in [1.29, 1.82) is 5.26 Å². The van der Waals surface area contributed by atoms with E-state index in [-0.39, 0.29) is 12.1 Å². The van der Waals surface area contributed by atoms with Crippen molar-refractivity contribution in [2.45, 2.75) is 18.5 Å². The molecule has 0 spiro atoms. The lowest BCUT2D eigenvalue weighted by Gasteiger charge is -2.20. The maximum absolute atomic E-state index is 12.4. The minimum absolute atomic E-state index is 0.0230. The Bertz CT molecular complexity index is 420.